The molecule has 5 nitrogen and oxygen atoms in total. The quantitative estimate of drug-likeness (QED) is 0.497. The molecule has 0 bridgehead atoms. The van der Waals surface area contributed by atoms with Crippen molar-refractivity contribution in [1.29, 1.82) is 0 Å². The summed E-state index contributed by atoms with van der Waals surface area (Å²) in [5.74, 6) is -0.0928. The summed E-state index contributed by atoms with van der Waals surface area (Å²) in [6.45, 7) is 0.666. The first-order valence-corrected chi connectivity index (χ1v) is 9.53. The van der Waals surface area contributed by atoms with E-state index in [2.05, 4.69) is 33.8 Å². The number of hydrogen-bond acceptors (Lipinski definition) is 3. The monoisotopic (exact) mass is 386 g/mol. The standard InChI is InChI=1S/C24H22N2O3/c1-29-22-13-14-25-15-19(22)24-18-9-5-6-10-20(18)26(21(24)11-12-23(27)28)16-17-7-3-2-4-8-17/h2-10,13-15H,11-12,16H2,1H3,(H,27,28). The van der Waals surface area contributed by atoms with Crippen LogP contribution in [0, 0.1) is 0 Å². The average Bonchev–Trinajstić information content (AvgIpc) is 3.06. The van der Waals surface area contributed by atoms with Crippen LogP contribution in [0.1, 0.15) is 17.7 Å². The Morgan fingerprint density at radius 2 is 1.83 bits per heavy atom. The molecule has 2 heterocycles. The summed E-state index contributed by atoms with van der Waals surface area (Å²) >= 11 is 0. The SMILES string of the molecule is COc1ccncc1-c1c(CCC(=O)O)n(Cc2ccccc2)c2ccccc12. The highest BCUT2D eigenvalue weighted by molar-refractivity contribution is 5.99. The Hall–Kier alpha value is -3.60. The predicted molar refractivity (Wildman–Crippen MR) is 113 cm³/mol. The highest BCUT2D eigenvalue weighted by atomic mass is 16.5. The Morgan fingerprint density at radius 3 is 2.59 bits per heavy atom. The van der Waals surface area contributed by atoms with E-state index in [4.69, 9.17) is 4.74 Å². The van der Waals surface area contributed by atoms with Crippen molar-refractivity contribution in [2.24, 2.45) is 0 Å². The van der Waals surface area contributed by atoms with Crippen LogP contribution < -0.4 is 4.74 Å². The minimum Gasteiger partial charge on any atom is -0.496 e. The molecule has 4 aromatic rings. The Kier molecular flexibility index (Phi) is 5.29. The lowest BCUT2D eigenvalue weighted by atomic mass is 10.0. The molecular weight excluding hydrogens is 364 g/mol. The minimum atomic E-state index is -0.814. The van der Waals surface area contributed by atoms with Gasteiger partial charge in [-0.1, -0.05) is 48.5 Å². The molecule has 2 aromatic carbocycles. The molecule has 0 saturated carbocycles. The van der Waals surface area contributed by atoms with E-state index in [1.807, 2.05) is 36.4 Å². The van der Waals surface area contributed by atoms with Gasteiger partial charge in [0.05, 0.1) is 13.5 Å². The van der Waals surface area contributed by atoms with Gasteiger partial charge in [-0.3, -0.25) is 9.78 Å². The zero-order chi connectivity index (χ0) is 20.2. The molecule has 2 aromatic heterocycles. The van der Waals surface area contributed by atoms with E-state index < -0.39 is 5.97 Å². The first kappa shape index (κ1) is 18.7. The molecule has 146 valence electrons. The van der Waals surface area contributed by atoms with Gasteiger partial charge in [0, 0.05) is 46.7 Å². The number of hydrogen-bond donors (Lipinski definition) is 1. The number of para-hydroxylation sites is 1. The molecule has 0 atom stereocenters. The number of benzene rings is 2. The fourth-order valence-corrected chi connectivity index (χ4v) is 3.84. The van der Waals surface area contributed by atoms with E-state index in [0.717, 1.165) is 39.0 Å². The van der Waals surface area contributed by atoms with Crippen LogP contribution in [0.3, 0.4) is 0 Å². The Bertz CT molecular complexity index is 1150. The molecule has 29 heavy (non-hydrogen) atoms. The van der Waals surface area contributed by atoms with E-state index in [1.165, 1.54) is 0 Å². The number of carbonyl (C=O) groups is 1. The van der Waals surface area contributed by atoms with Gasteiger partial charge in [0.15, 0.2) is 0 Å². The third-order valence-electron chi connectivity index (χ3n) is 5.11. The normalized spacial score (nSPS) is 10.9. The van der Waals surface area contributed by atoms with Gasteiger partial charge in [-0.15, -0.1) is 0 Å². The first-order chi connectivity index (χ1) is 14.2. The Morgan fingerprint density at radius 1 is 1.07 bits per heavy atom. The number of carboxylic acid groups (broad SMARTS) is 1. The second-order valence-corrected chi connectivity index (χ2v) is 6.88. The number of carboxylic acids is 1. The van der Waals surface area contributed by atoms with Gasteiger partial charge in [0.25, 0.3) is 0 Å². The molecule has 0 radical (unpaired) electrons. The molecule has 0 spiro atoms. The molecule has 0 unspecified atom stereocenters. The van der Waals surface area contributed by atoms with Crippen LogP contribution in [0.5, 0.6) is 5.75 Å². The molecule has 0 fully saturated rings. The largest absolute Gasteiger partial charge is 0.496 e. The Labute approximate surface area is 169 Å². The number of fused-ring (bicyclic) bond motifs is 1. The van der Waals surface area contributed by atoms with Crippen LogP contribution in [0.25, 0.3) is 22.0 Å². The van der Waals surface area contributed by atoms with Gasteiger partial charge in [-0.2, -0.15) is 0 Å². The van der Waals surface area contributed by atoms with Crippen molar-refractivity contribution in [2.75, 3.05) is 7.11 Å². The number of pyridine rings is 1. The maximum atomic E-state index is 11.4. The second-order valence-electron chi connectivity index (χ2n) is 6.88. The minimum absolute atomic E-state index is 0.0562. The summed E-state index contributed by atoms with van der Waals surface area (Å²) in [7, 11) is 1.64. The van der Waals surface area contributed by atoms with Crippen molar-refractivity contribution < 1.29 is 14.6 Å². The van der Waals surface area contributed by atoms with Crippen molar-refractivity contribution in [3.8, 4) is 16.9 Å². The lowest BCUT2D eigenvalue weighted by molar-refractivity contribution is -0.136. The van der Waals surface area contributed by atoms with E-state index >= 15 is 0 Å². The zero-order valence-corrected chi connectivity index (χ0v) is 16.2. The highest BCUT2D eigenvalue weighted by Crippen LogP contribution is 2.40. The molecule has 0 aliphatic heterocycles. The molecular formula is C24H22N2O3. The first-order valence-electron chi connectivity index (χ1n) is 9.53. The third kappa shape index (κ3) is 3.72. The number of nitrogens with zero attached hydrogens (tertiary/aromatic N) is 2. The van der Waals surface area contributed by atoms with Gasteiger partial charge in [0.2, 0.25) is 0 Å². The van der Waals surface area contributed by atoms with E-state index in [0.29, 0.717) is 13.0 Å². The number of aromatic nitrogens is 2. The van der Waals surface area contributed by atoms with Crippen LogP contribution >= 0.6 is 0 Å². The lowest BCUT2D eigenvalue weighted by Crippen LogP contribution is -2.08. The zero-order valence-electron chi connectivity index (χ0n) is 16.2. The van der Waals surface area contributed by atoms with Crippen LogP contribution in [-0.2, 0) is 17.8 Å². The van der Waals surface area contributed by atoms with E-state index in [-0.39, 0.29) is 6.42 Å². The number of aliphatic carboxylic acids is 1. The van der Waals surface area contributed by atoms with Crippen LogP contribution in [0.15, 0.2) is 73.1 Å². The van der Waals surface area contributed by atoms with Crippen LogP contribution in [-0.4, -0.2) is 27.7 Å². The van der Waals surface area contributed by atoms with E-state index in [1.54, 1.807) is 19.5 Å². The summed E-state index contributed by atoms with van der Waals surface area (Å²) in [4.78, 5) is 15.7. The summed E-state index contributed by atoms with van der Waals surface area (Å²) in [5.41, 5.74) is 5.07. The Balaban J connectivity index is 1.98. The maximum absolute atomic E-state index is 11.4. The fourth-order valence-electron chi connectivity index (χ4n) is 3.84. The predicted octanol–water partition coefficient (Wildman–Crippen LogP) is 4.78. The van der Waals surface area contributed by atoms with Crippen molar-refractivity contribution in [1.82, 2.24) is 9.55 Å². The topological polar surface area (TPSA) is 64.3 Å². The third-order valence-corrected chi connectivity index (χ3v) is 5.11. The summed E-state index contributed by atoms with van der Waals surface area (Å²) in [5, 5.41) is 10.4. The maximum Gasteiger partial charge on any atom is 0.303 e. The van der Waals surface area contributed by atoms with Crippen LogP contribution in [0.4, 0.5) is 0 Å². The molecule has 5 heteroatoms. The lowest BCUT2D eigenvalue weighted by Gasteiger charge is -2.13. The summed E-state index contributed by atoms with van der Waals surface area (Å²) < 4.78 is 7.81. The second kappa shape index (κ2) is 8.19. The number of methoxy groups -OCH3 is 1. The van der Waals surface area contributed by atoms with Gasteiger partial charge in [-0.05, 0) is 24.1 Å². The van der Waals surface area contributed by atoms with Gasteiger partial charge < -0.3 is 14.4 Å². The van der Waals surface area contributed by atoms with Crippen molar-refractivity contribution in [3.05, 3.63) is 84.3 Å². The molecule has 0 saturated heterocycles. The fraction of sp³-hybridized carbons (Fsp3) is 0.167. The smallest absolute Gasteiger partial charge is 0.303 e. The number of ether oxygens (including phenoxy) is 1. The highest BCUT2D eigenvalue weighted by Gasteiger charge is 2.21. The molecule has 4 rings (SSSR count). The summed E-state index contributed by atoms with van der Waals surface area (Å²) in [6.07, 6.45) is 3.96. The molecule has 0 amide bonds. The van der Waals surface area contributed by atoms with Crippen molar-refractivity contribution >= 4 is 16.9 Å². The van der Waals surface area contributed by atoms with E-state index in [9.17, 15) is 9.90 Å². The van der Waals surface area contributed by atoms with Crippen molar-refractivity contribution in [3.63, 3.8) is 0 Å². The summed E-state index contributed by atoms with van der Waals surface area (Å²) in [6, 6.07) is 20.2. The molecule has 1 N–H and O–H groups in total. The molecule has 0 aliphatic rings. The number of rotatable bonds is 7. The van der Waals surface area contributed by atoms with Crippen molar-refractivity contribution in [2.45, 2.75) is 19.4 Å². The van der Waals surface area contributed by atoms with Gasteiger partial charge in [-0.25, -0.2) is 0 Å². The molecule has 0 aliphatic carbocycles. The van der Waals surface area contributed by atoms with Gasteiger partial charge >= 0.3 is 5.97 Å². The van der Waals surface area contributed by atoms with Crippen LogP contribution in [0.2, 0.25) is 0 Å². The van der Waals surface area contributed by atoms with Gasteiger partial charge in [0.1, 0.15) is 5.75 Å². The average molecular weight is 386 g/mol.